The number of pyridine rings is 1. The zero-order valence-corrected chi connectivity index (χ0v) is 11.8. The Bertz CT molecular complexity index is 667. The maximum Gasteiger partial charge on any atom is 0.306 e. The van der Waals surface area contributed by atoms with Gasteiger partial charge in [-0.25, -0.2) is 9.67 Å². The number of hydrogen-bond donors (Lipinski definition) is 2. The molecule has 0 bridgehead atoms. The molecule has 2 atom stereocenters. The summed E-state index contributed by atoms with van der Waals surface area (Å²) in [7, 11) is 0. The van der Waals surface area contributed by atoms with Crippen molar-refractivity contribution in [3.63, 3.8) is 0 Å². The van der Waals surface area contributed by atoms with Crippen molar-refractivity contribution in [2.45, 2.75) is 19.3 Å². The summed E-state index contributed by atoms with van der Waals surface area (Å²) in [5.41, 5.74) is 0.597. The minimum atomic E-state index is -0.819. The summed E-state index contributed by atoms with van der Waals surface area (Å²) in [6.45, 7) is 0. The Morgan fingerprint density at radius 3 is 2.68 bits per heavy atom. The average Bonchev–Trinajstić information content (AvgIpc) is 3.20. The van der Waals surface area contributed by atoms with Crippen LogP contribution < -0.4 is 5.32 Å². The Kier molecular flexibility index (Phi) is 3.86. The van der Waals surface area contributed by atoms with Crippen LogP contribution in [0.3, 0.4) is 0 Å². The molecule has 1 aliphatic rings. The Labute approximate surface area is 127 Å². The number of nitrogens with one attached hydrogen (secondary N) is 1. The molecule has 7 nitrogen and oxygen atoms in total. The molecule has 1 saturated carbocycles. The van der Waals surface area contributed by atoms with Crippen LogP contribution >= 0.6 is 0 Å². The number of amides is 1. The summed E-state index contributed by atoms with van der Waals surface area (Å²) in [5, 5.41) is 15.8. The van der Waals surface area contributed by atoms with Crippen molar-refractivity contribution >= 4 is 17.6 Å². The maximum absolute atomic E-state index is 12.1. The van der Waals surface area contributed by atoms with Crippen LogP contribution in [0.1, 0.15) is 19.3 Å². The monoisotopic (exact) mass is 300 g/mol. The summed E-state index contributed by atoms with van der Waals surface area (Å²) in [6.07, 6.45) is 6.59. The fraction of sp³-hybridized carbons (Fsp3) is 0.333. The van der Waals surface area contributed by atoms with Crippen LogP contribution in [0.4, 0.5) is 5.69 Å². The van der Waals surface area contributed by atoms with E-state index in [2.05, 4.69) is 15.4 Å². The van der Waals surface area contributed by atoms with E-state index >= 15 is 0 Å². The van der Waals surface area contributed by atoms with E-state index in [0.29, 0.717) is 30.8 Å². The van der Waals surface area contributed by atoms with Gasteiger partial charge in [0.25, 0.3) is 0 Å². The highest BCUT2D eigenvalue weighted by Gasteiger charge is 2.33. The number of hydrogen-bond acceptors (Lipinski definition) is 4. The molecule has 0 aliphatic heterocycles. The van der Waals surface area contributed by atoms with Crippen LogP contribution in [-0.2, 0) is 9.59 Å². The third-order valence-electron chi connectivity index (χ3n) is 3.91. The maximum atomic E-state index is 12.1. The molecule has 2 aromatic heterocycles. The van der Waals surface area contributed by atoms with Crippen LogP contribution in [0.5, 0.6) is 0 Å². The summed E-state index contributed by atoms with van der Waals surface area (Å²) in [5.74, 6) is -0.948. The minimum absolute atomic E-state index is 0.141. The zero-order valence-electron chi connectivity index (χ0n) is 11.8. The van der Waals surface area contributed by atoms with Crippen molar-refractivity contribution in [3.8, 4) is 5.82 Å². The molecular formula is C15H16N4O3. The molecule has 1 fully saturated rings. The highest BCUT2D eigenvalue weighted by molar-refractivity contribution is 5.93. The van der Waals surface area contributed by atoms with E-state index in [1.165, 1.54) is 0 Å². The Hall–Kier alpha value is -2.70. The van der Waals surface area contributed by atoms with Gasteiger partial charge in [0.2, 0.25) is 5.91 Å². The molecule has 0 radical (unpaired) electrons. The summed E-state index contributed by atoms with van der Waals surface area (Å²) >= 11 is 0. The first-order valence-electron chi connectivity index (χ1n) is 7.13. The normalized spacial score (nSPS) is 20.7. The van der Waals surface area contributed by atoms with E-state index in [9.17, 15) is 9.59 Å². The molecule has 2 N–H and O–H groups in total. The zero-order chi connectivity index (χ0) is 15.5. The quantitative estimate of drug-likeness (QED) is 0.895. The SMILES string of the molecule is O=C(O)[C@@H]1CC[C@H](C(=O)Nc2ccc(-n3cccn3)nc2)C1. The number of carbonyl (C=O) groups is 2. The number of carboxylic acids is 1. The number of rotatable bonds is 4. The molecule has 0 unspecified atom stereocenters. The van der Waals surface area contributed by atoms with Gasteiger partial charge in [-0.3, -0.25) is 9.59 Å². The topological polar surface area (TPSA) is 97.1 Å². The van der Waals surface area contributed by atoms with Crippen molar-refractivity contribution < 1.29 is 14.7 Å². The number of carboxylic acid groups (broad SMARTS) is 1. The first-order valence-corrected chi connectivity index (χ1v) is 7.13. The Morgan fingerprint density at radius 2 is 2.09 bits per heavy atom. The fourth-order valence-corrected chi connectivity index (χ4v) is 2.69. The summed E-state index contributed by atoms with van der Waals surface area (Å²) < 4.78 is 1.63. The van der Waals surface area contributed by atoms with Crippen LogP contribution in [0, 0.1) is 11.8 Å². The van der Waals surface area contributed by atoms with Crippen molar-refractivity contribution in [2.75, 3.05) is 5.32 Å². The smallest absolute Gasteiger partial charge is 0.306 e. The molecule has 0 spiro atoms. The number of aliphatic carboxylic acids is 1. The van der Waals surface area contributed by atoms with Gasteiger partial charge in [-0.2, -0.15) is 5.10 Å². The van der Waals surface area contributed by atoms with E-state index < -0.39 is 11.9 Å². The molecule has 7 heteroatoms. The second kappa shape index (κ2) is 5.97. The van der Waals surface area contributed by atoms with Crippen molar-refractivity contribution in [1.82, 2.24) is 14.8 Å². The first kappa shape index (κ1) is 14.2. The molecule has 2 heterocycles. The second-order valence-corrected chi connectivity index (χ2v) is 5.39. The van der Waals surface area contributed by atoms with Crippen LogP contribution in [-0.4, -0.2) is 31.7 Å². The van der Waals surface area contributed by atoms with Gasteiger partial charge in [0.15, 0.2) is 5.82 Å². The van der Waals surface area contributed by atoms with Gasteiger partial charge in [-0.1, -0.05) is 0 Å². The van der Waals surface area contributed by atoms with Crippen molar-refractivity contribution in [2.24, 2.45) is 11.8 Å². The summed E-state index contributed by atoms with van der Waals surface area (Å²) in [6, 6.07) is 5.32. The minimum Gasteiger partial charge on any atom is -0.481 e. The molecule has 114 valence electrons. The highest BCUT2D eigenvalue weighted by Crippen LogP contribution is 2.31. The van der Waals surface area contributed by atoms with Crippen LogP contribution in [0.15, 0.2) is 36.8 Å². The molecular weight excluding hydrogens is 284 g/mol. The van der Waals surface area contributed by atoms with Crippen LogP contribution in [0.2, 0.25) is 0 Å². The van der Waals surface area contributed by atoms with Gasteiger partial charge in [-0.05, 0) is 37.5 Å². The third kappa shape index (κ3) is 2.98. The molecule has 1 amide bonds. The van der Waals surface area contributed by atoms with E-state index in [0.717, 1.165) is 0 Å². The number of carbonyl (C=O) groups excluding carboxylic acids is 1. The first-order chi connectivity index (χ1) is 10.6. The number of nitrogens with zero attached hydrogens (tertiary/aromatic N) is 3. The third-order valence-corrected chi connectivity index (χ3v) is 3.91. The molecule has 3 rings (SSSR count). The van der Waals surface area contributed by atoms with Gasteiger partial charge >= 0.3 is 5.97 Å². The predicted molar refractivity (Wildman–Crippen MR) is 78.5 cm³/mol. The second-order valence-electron chi connectivity index (χ2n) is 5.39. The lowest BCUT2D eigenvalue weighted by Crippen LogP contribution is -2.21. The predicted octanol–water partition coefficient (Wildman–Crippen LogP) is 1.71. The van der Waals surface area contributed by atoms with Gasteiger partial charge in [0, 0.05) is 18.3 Å². The van der Waals surface area contributed by atoms with E-state index in [1.54, 1.807) is 41.5 Å². The molecule has 22 heavy (non-hydrogen) atoms. The average molecular weight is 300 g/mol. The van der Waals surface area contributed by atoms with Gasteiger partial charge in [0.1, 0.15) is 0 Å². The van der Waals surface area contributed by atoms with Gasteiger partial charge in [-0.15, -0.1) is 0 Å². The lowest BCUT2D eigenvalue weighted by atomic mass is 10.0. The van der Waals surface area contributed by atoms with Gasteiger partial charge < -0.3 is 10.4 Å². The van der Waals surface area contributed by atoms with E-state index in [1.807, 2.05) is 0 Å². The molecule has 2 aromatic rings. The van der Waals surface area contributed by atoms with Crippen molar-refractivity contribution in [1.29, 1.82) is 0 Å². The summed E-state index contributed by atoms with van der Waals surface area (Å²) in [4.78, 5) is 27.3. The van der Waals surface area contributed by atoms with Crippen LogP contribution in [0.25, 0.3) is 5.82 Å². The van der Waals surface area contributed by atoms with E-state index in [-0.39, 0.29) is 11.8 Å². The lowest BCUT2D eigenvalue weighted by molar-refractivity contribution is -0.141. The van der Waals surface area contributed by atoms with E-state index in [4.69, 9.17) is 5.11 Å². The van der Waals surface area contributed by atoms with Gasteiger partial charge in [0.05, 0.1) is 17.8 Å². The standard InChI is InChI=1S/C15H16N4O3/c20-14(10-2-3-11(8-10)15(21)22)18-12-4-5-13(16-9-12)19-7-1-6-17-19/h1,4-7,9-11H,2-3,8H2,(H,18,20)(H,21,22)/t10-,11+/m0/s1. The van der Waals surface area contributed by atoms with Crippen molar-refractivity contribution in [3.05, 3.63) is 36.8 Å². The molecule has 0 saturated heterocycles. The molecule has 1 aliphatic carbocycles. The number of anilines is 1. The largest absolute Gasteiger partial charge is 0.481 e. The fourth-order valence-electron chi connectivity index (χ4n) is 2.69. The number of aromatic nitrogens is 3. The lowest BCUT2D eigenvalue weighted by Gasteiger charge is -2.11. The Morgan fingerprint density at radius 1 is 1.27 bits per heavy atom. The molecule has 0 aromatic carbocycles. The highest BCUT2D eigenvalue weighted by atomic mass is 16.4. The Balaban J connectivity index is 1.61.